The molecule has 0 unspecified atom stereocenters. The molecule has 0 heterocycles. The van der Waals surface area contributed by atoms with Gasteiger partial charge >= 0.3 is 0 Å². The average Bonchev–Trinajstić information content (AvgIpc) is 2.32. The van der Waals surface area contributed by atoms with Crippen LogP contribution >= 0.6 is 0 Å². The summed E-state index contributed by atoms with van der Waals surface area (Å²) in [7, 11) is 0. The van der Waals surface area contributed by atoms with Gasteiger partial charge in [0.15, 0.2) is 0 Å². The first-order chi connectivity index (χ1) is 8.10. The number of benzene rings is 1. The molecule has 1 amide bonds. The number of terminal acetylenes is 1. The molecule has 0 aliphatic carbocycles. The van der Waals surface area contributed by atoms with Gasteiger partial charge in [-0.15, -0.1) is 6.42 Å². The average molecular weight is 234 g/mol. The Kier molecular flexibility index (Phi) is 8.17. The summed E-state index contributed by atoms with van der Waals surface area (Å²) in [6.07, 6.45) is 5.23. The Bertz CT molecular complexity index is 345. The van der Waals surface area contributed by atoms with E-state index in [9.17, 15) is 4.79 Å². The Labute approximate surface area is 102 Å². The fraction of sp³-hybridized carbons (Fsp3) is 0.308. The van der Waals surface area contributed by atoms with Crippen LogP contribution in [0.1, 0.15) is 12.0 Å². The minimum absolute atomic E-state index is 0.0875. The topological polar surface area (TPSA) is 75.4 Å². The van der Waals surface area contributed by atoms with Gasteiger partial charge in [0.2, 0.25) is 5.91 Å². The zero-order chi connectivity index (χ0) is 13.1. The largest absolute Gasteiger partial charge is 0.508 e. The van der Waals surface area contributed by atoms with Gasteiger partial charge in [0, 0.05) is 13.0 Å². The first-order valence-electron chi connectivity index (χ1n) is 5.26. The quantitative estimate of drug-likeness (QED) is 0.677. The summed E-state index contributed by atoms with van der Waals surface area (Å²) in [6.45, 7) is 2.65. The standard InChI is InChI=1S/C7H8O.C6H10N2O/c1-6-2-4-7(8)5-3-6;1-2-5-8-6(9)3-4-7/h2-5,8H,1H3;1H,3-5,7H2,(H,8,9). The molecule has 0 saturated heterocycles. The van der Waals surface area contributed by atoms with E-state index < -0.39 is 0 Å². The van der Waals surface area contributed by atoms with Crippen LogP contribution in [0.4, 0.5) is 0 Å². The maximum atomic E-state index is 10.5. The monoisotopic (exact) mass is 234 g/mol. The molecule has 4 heteroatoms. The van der Waals surface area contributed by atoms with E-state index in [0.29, 0.717) is 25.3 Å². The van der Waals surface area contributed by atoms with Crippen LogP contribution in [0.2, 0.25) is 0 Å². The smallest absolute Gasteiger partial charge is 0.222 e. The summed E-state index contributed by atoms with van der Waals surface area (Å²) < 4.78 is 0. The minimum Gasteiger partial charge on any atom is -0.508 e. The summed E-state index contributed by atoms with van der Waals surface area (Å²) in [6, 6.07) is 7.09. The predicted octanol–water partition coefficient (Wildman–Crippen LogP) is 0.785. The lowest BCUT2D eigenvalue weighted by Gasteiger charge is -1.96. The van der Waals surface area contributed by atoms with Crippen LogP contribution in [0, 0.1) is 19.3 Å². The molecule has 0 atom stereocenters. The molecule has 0 saturated carbocycles. The minimum atomic E-state index is -0.0875. The number of aromatic hydroxyl groups is 1. The van der Waals surface area contributed by atoms with Crippen molar-refractivity contribution in [2.75, 3.05) is 13.1 Å². The third-order valence-corrected chi connectivity index (χ3v) is 1.79. The van der Waals surface area contributed by atoms with Gasteiger partial charge in [0.05, 0.1) is 6.54 Å². The van der Waals surface area contributed by atoms with E-state index in [0.717, 1.165) is 0 Å². The van der Waals surface area contributed by atoms with Crippen LogP contribution in [0.3, 0.4) is 0 Å². The highest BCUT2D eigenvalue weighted by atomic mass is 16.3. The van der Waals surface area contributed by atoms with Crippen LogP contribution in [0.15, 0.2) is 24.3 Å². The SMILES string of the molecule is C#CCNC(=O)CCN.Cc1ccc(O)cc1. The third kappa shape index (κ3) is 8.97. The highest BCUT2D eigenvalue weighted by Gasteiger charge is 1.93. The van der Waals surface area contributed by atoms with Crippen molar-refractivity contribution in [3.8, 4) is 18.1 Å². The molecule has 1 rings (SSSR count). The summed E-state index contributed by atoms with van der Waals surface area (Å²) >= 11 is 0. The lowest BCUT2D eigenvalue weighted by atomic mass is 10.2. The molecule has 4 nitrogen and oxygen atoms in total. The Morgan fingerprint density at radius 3 is 2.47 bits per heavy atom. The summed E-state index contributed by atoms with van der Waals surface area (Å²) in [5.74, 6) is 2.53. The molecule has 0 radical (unpaired) electrons. The molecule has 17 heavy (non-hydrogen) atoms. The van der Waals surface area contributed by atoms with E-state index in [2.05, 4.69) is 11.2 Å². The van der Waals surface area contributed by atoms with Crippen LogP contribution in [-0.4, -0.2) is 24.1 Å². The van der Waals surface area contributed by atoms with E-state index in [-0.39, 0.29) is 5.91 Å². The van der Waals surface area contributed by atoms with Crippen molar-refractivity contribution in [1.29, 1.82) is 0 Å². The van der Waals surface area contributed by atoms with Crippen molar-refractivity contribution >= 4 is 5.91 Å². The summed E-state index contributed by atoms with van der Waals surface area (Å²) in [5, 5.41) is 11.2. The van der Waals surface area contributed by atoms with Gasteiger partial charge in [-0.25, -0.2) is 0 Å². The first kappa shape index (κ1) is 15.0. The van der Waals surface area contributed by atoms with Crippen molar-refractivity contribution in [3.05, 3.63) is 29.8 Å². The van der Waals surface area contributed by atoms with Crippen molar-refractivity contribution in [3.63, 3.8) is 0 Å². The number of phenolic OH excluding ortho intramolecular Hbond substituents is 1. The van der Waals surface area contributed by atoms with E-state index >= 15 is 0 Å². The third-order valence-electron chi connectivity index (χ3n) is 1.79. The second-order valence-corrected chi connectivity index (χ2v) is 3.36. The maximum Gasteiger partial charge on any atom is 0.222 e. The second-order valence-electron chi connectivity index (χ2n) is 3.36. The lowest BCUT2D eigenvalue weighted by Crippen LogP contribution is -2.25. The Morgan fingerprint density at radius 2 is 2.06 bits per heavy atom. The van der Waals surface area contributed by atoms with Gasteiger partial charge < -0.3 is 16.2 Å². The Hall–Kier alpha value is -1.99. The van der Waals surface area contributed by atoms with Crippen LogP contribution < -0.4 is 11.1 Å². The molecule has 4 N–H and O–H groups in total. The van der Waals surface area contributed by atoms with E-state index in [1.165, 1.54) is 5.56 Å². The Balaban J connectivity index is 0.000000302. The molecule has 0 aromatic heterocycles. The lowest BCUT2D eigenvalue weighted by molar-refractivity contribution is -0.120. The zero-order valence-corrected chi connectivity index (χ0v) is 9.94. The highest BCUT2D eigenvalue weighted by Crippen LogP contribution is 2.07. The van der Waals surface area contributed by atoms with Crippen LogP contribution in [0.25, 0.3) is 0 Å². The first-order valence-corrected chi connectivity index (χ1v) is 5.26. The number of carbonyl (C=O) groups is 1. The van der Waals surface area contributed by atoms with Crippen LogP contribution in [-0.2, 0) is 4.79 Å². The van der Waals surface area contributed by atoms with Crippen molar-refractivity contribution in [1.82, 2.24) is 5.32 Å². The molecule has 1 aromatic rings. The van der Waals surface area contributed by atoms with Crippen molar-refractivity contribution in [2.45, 2.75) is 13.3 Å². The number of nitrogens with two attached hydrogens (primary N) is 1. The highest BCUT2D eigenvalue weighted by molar-refractivity contribution is 5.76. The van der Waals surface area contributed by atoms with Gasteiger partial charge in [0.25, 0.3) is 0 Å². The number of nitrogens with one attached hydrogen (secondary N) is 1. The van der Waals surface area contributed by atoms with Gasteiger partial charge in [-0.05, 0) is 19.1 Å². The normalized spacial score (nSPS) is 8.53. The Morgan fingerprint density at radius 1 is 1.47 bits per heavy atom. The maximum absolute atomic E-state index is 10.5. The van der Waals surface area contributed by atoms with Crippen molar-refractivity contribution < 1.29 is 9.90 Å². The number of amides is 1. The molecule has 0 spiro atoms. The number of carbonyl (C=O) groups excluding carboxylic acids is 1. The van der Waals surface area contributed by atoms with Gasteiger partial charge in [-0.1, -0.05) is 23.6 Å². The summed E-state index contributed by atoms with van der Waals surface area (Å²) in [4.78, 5) is 10.5. The molecule has 0 bridgehead atoms. The molecular formula is C13H18N2O2. The van der Waals surface area contributed by atoms with Gasteiger partial charge in [-0.2, -0.15) is 0 Å². The fourth-order valence-electron chi connectivity index (χ4n) is 0.914. The molecule has 0 aliphatic heterocycles. The molecule has 92 valence electrons. The van der Waals surface area contributed by atoms with Crippen molar-refractivity contribution in [2.24, 2.45) is 5.73 Å². The van der Waals surface area contributed by atoms with Gasteiger partial charge in [0.1, 0.15) is 5.75 Å². The van der Waals surface area contributed by atoms with E-state index in [1.807, 2.05) is 19.1 Å². The second kappa shape index (κ2) is 9.25. The zero-order valence-electron chi connectivity index (χ0n) is 9.94. The number of hydrogen-bond donors (Lipinski definition) is 3. The van der Waals surface area contributed by atoms with E-state index in [1.54, 1.807) is 12.1 Å². The number of phenols is 1. The number of aryl methyl sites for hydroxylation is 1. The molecule has 1 aromatic carbocycles. The number of hydrogen-bond acceptors (Lipinski definition) is 3. The number of rotatable bonds is 3. The van der Waals surface area contributed by atoms with E-state index in [4.69, 9.17) is 17.3 Å². The predicted molar refractivity (Wildman–Crippen MR) is 68.4 cm³/mol. The molecule has 0 fully saturated rings. The molecule has 0 aliphatic rings. The fourth-order valence-corrected chi connectivity index (χ4v) is 0.914. The summed E-state index contributed by atoms with van der Waals surface area (Å²) in [5.41, 5.74) is 6.26. The van der Waals surface area contributed by atoms with Gasteiger partial charge in [-0.3, -0.25) is 4.79 Å². The molecular weight excluding hydrogens is 216 g/mol. The van der Waals surface area contributed by atoms with Crippen LogP contribution in [0.5, 0.6) is 5.75 Å².